The molecule has 2 heterocycles. The van der Waals surface area contributed by atoms with E-state index in [4.69, 9.17) is 0 Å². The molecular formula is C18H21BrN2OS. The van der Waals surface area contributed by atoms with Crippen LogP contribution in [0.5, 0.6) is 0 Å². The van der Waals surface area contributed by atoms with Gasteiger partial charge in [0.1, 0.15) is 0 Å². The van der Waals surface area contributed by atoms with Crippen molar-refractivity contribution in [2.45, 2.75) is 32.4 Å². The predicted molar refractivity (Wildman–Crippen MR) is 98.8 cm³/mol. The van der Waals surface area contributed by atoms with Crippen LogP contribution in [0.4, 0.5) is 0 Å². The number of nitrogens with one attached hydrogen (secondary N) is 1. The summed E-state index contributed by atoms with van der Waals surface area (Å²) in [4.78, 5) is 14.7. The predicted octanol–water partition coefficient (Wildman–Crippen LogP) is 4.43. The van der Waals surface area contributed by atoms with E-state index in [0.717, 1.165) is 15.9 Å². The standard InChI is InChI=1S/C18H21BrN2OS/c19-17-10-16(13-23-17)18(22)20-11-14-6-2-3-7-15(14)12-21-8-4-1-5-9-21/h2-3,6-7,10,13H,1,4-5,8-9,11-12H2,(H,20,22). The Labute approximate surface area is 149 Å². The van der Waals surface area contributed by atoms with Gasteiger partial charge >= 0.3 is 0 Å². The molecule has 3 nitrogen and oxygen atoms in total. The van der Waals surface area contributed by atoms with Crippen molar-refractivity contribution in [3.05, 3.63) is 56.2 Å². The third kappa shape index (κ3) is 4.66. The Hall–Kier alpha value is -1.17. The van der Waals surface area contributed by atoms with Crippen molar-refractivity contribution in [1.29, 1.82) is 0 Å². The van der Waals surface area contributed by atoms with Gasteiger partial charge in [0.05, 0.1) is 9.35 Å². The number of carbonyl (C=O) groups is 1. The van der Waals surface area contributed by atoms with E-state index in [1.54, 1.807) is 0 Å². The molecule has 1 aliphatic heterocycles. The zero-order valence-electron chi connectivity index (χ0n) is 13.1. The molecule has 3 rings (SSSR count). The molecule has 1 aromatic heterocycles. The van der Waals surface area contributed by atoms with E-state index in [1.807, 2.05) is 17.5 Å². The number of halogens is 1. The van der Waals surface area contributed by atoms with Crippen LogP contribution in [0.3, 0.4) is 0 Å². The van der Waals surface area contributed by atoms with Crippen molar-refractivity contribution < 1.29 is 4.79 Å². The molecule has 0 saturated carbocycles. The molecule has 1 aliphatic rings. The van der Waals surface area contributed by atoms with Gasteiger partial charge in [-0.05, 0) is 59.1 Å². The number of amides is 1. The highest BCUT2D eigenvalue weighted by Gasteiger charge is 2.13. The molecule has 122 valence electrons. The van der Waals surface area contributed by atoms with Gasteiger partial charge in [-0.25, -0.2) is 0 Å². The van der Waals surface area contributed by atoms with Crippen molar-refractivity contribution in [2.75, 3.05) is 13.1 Å². The van der Waals surface area contributed by atoms with Crippen molar-refractivity contribution in [3.8, 4) is 0 Å². The molecule has 1 N–H and O–H groups in total. The van der Waals surface area contributed by atoms with E-state index in [-0.39, 0.29) is 5.91 Å². The Kier molecular flexibility index (Phi) is 5.86. The number of nitrogens with zero attached hydrogens (tertiary/aromatic N) is 1. The summed E-state index contributed by atoms with van der Waals surface area (Å²) in [5.41, 5.74) is 3.25. The lowest BCUT2D eigenvalue weighted by atomic mass is 10.0. The summed E-state index contributed by atoms with van der Waals surface area (Å²) in [5, 5.41) is 4.91. The van der Waals surface area contributed by atoms with Gasteiger partial charge in [0.2, 0.25) is 0 Å². The second-order valence-electron chi connectivity index (χ2n) is 5.93. The summed E-state index contributed by atoms with van der Waals surface area (Å²) in [6.45, 7) is 3.93. The molecule has 0 aliphatic carbocycles. The highest BCUT2D eigenvalue weighted by atomic mass is 79.9. The van der Waals surface area contributed by atoms with Crippen molar-refractivity contribution in [3.63, 3.8) is 0 Å². The molecule has 0 unspecified atom stereocenters. The Bertz CT molecular complexity index is 665. The van der Waals surface area contributed by atoms with Crippen molar-refractivity contribution in [2.24, 2.45) is 0 Å². The summed E-state index contributed by atoms with van der Waals surface area (Å²) in [7, 11) is 0. The summed E-state index contributed by atoms with van der Waals surface area (Å²) in [6, 6.07) is 10.3. The maximum atomic E-state index is 12.2. The number of hydrogen-bond donors (Lipinski definition) is 1. The van der Waals surface area contributed by atoms with Gasteiger partial charge in [0, 0.05) is 18.5 Å². The minimum absolute atomic E-state index is 0.0141. The van der Waals surface area contributed by atoms with Gasteiger partial charge in [0.15, 0.2) is 0 Å². The van der Waals surface area contributed by atoms with Crippen LogP contribution in [0.1, 0.15) is 40.7 Å². The Balaban J connectivity index is 1.62. The zero-order valence-corrected chi connectivity index (χ0v) is 15.5. The number of thiophene rings is 1. The van der Waals surface area contributed by atoms with E-state index in [9.17, 15) is 4.79 Å². The number of likely N-dealkylation sites (tertiary alicyclic amines) is 1. The van der Waals surface area contributed by atoms with Crippen molar-refractivity contribution in [1.82, 2.24) is 10.2 Å². The molecule has 5 heteroatoms. The van der Waals surface area contributed by atoms with E-state index < -0.39 is 0 Å². The van der Waals surface area contributed by atoms with Crippen LogP contribution in [0.15, 0.2) is 39.5 Å². The first kappa shape index (κ1) is 16.7. The van der Waals surface area contributed by atoms with Crippen LogP contribution >= 0.6 is 27.3 Å². The van der Waals surface area contributed by atoms with Gasteiger partial charge in [-0.2, -0.15) is 0 Å². The molecule has 0 atom stereocenters. The molecular weight excluding hydrogens is 372 g/mol. The minimum atomic E-state index is -0.0141. The number of piperidine rings is 1. The number of rotatable bonds is 5. The minimum Gasteiger partial charge on any atom is -0.348 e. The lowest BCUT2D eigenvalue weighted by Crippen LogP contribution is -2.30. The van der Waals surface area contributed by atoms with Gasteiger partial charge in [-0.15, -0.1) is 11.3 Å². The van der Waals surface area contributed by atoms with Gasteiger partial charge < -0.3 is 5.32 Å². The molecule has 1 saturated heterocycles. The average Bonchev–Trinajstić information content (AvgIpc) is 3.01. The summed E-state index contributed by atoms with van der Waals surface area (Å²) in [6.07, 6.45) is 3.95. The van der Waals surface area contributed by atoms with E-state index in [2.05, 4.69) is 44.3 Å². The summed E-state index contributed by atoms with van der Waals surface area (Å²) in [5.74, 6) is -0.0141. The van der Waals surface area contributed by atoms with Gasteiger partial charge in [-0.1, -0.05) is 30.7 Å². The first-order valence-electron chi connectivity index (χ1n) is 8.04. The Morgan fingerprint density at radius 1 is 1.17 bits per heavy atom. The fourth-order valence-electron chi connectivity index (χ4n) is 2.95. The van der Waals surface area contributed by atoms with Crippen molar-refractivity contribution >= 4 is 33.2 Å². The fourth-order valence-corrected chi connectivity index (χ4v) is 4.09. The summed E-state index contributed by atoms with van der Waals surface area (Å²) < 4.78 is 0.980. The topological polar surface area (TPSA) is 32.3 Å². The second-order valence-corrected chi connectivity index (χ2v) is 8.22. The normalized spacial score (nSPS) is 15.5. The van der Waals surface area contributed by atoms with Crippen LogP contribution < -0.4 is 5.32 Å². The van der Waals surface area contributed by atoms with Crippen LogP contribution in [0.2, 0.25) is 0 Å². The monoisotopic (exact) mass is 392 g/mol. The van der Waals surface area contributed by atoms with Crippen LogP contribution in [-0.2, 0) is 13.1 Å². The SMILES string of the molecule is O=C(NCc1ccccc1CN1CCCCC1)c1csc(Br)c1. The average molecular weight is 393 g/mol. The quantitative estimate of drug-likeness (QED) is 0.815. The number of hydrogen-bond acceptors (Lipinski definition) is 3. The lowest BCUT2D eigenvalue weighted by molar-refractivity contribution is 0.0951. The number of carbonyl (C=O) groups excluding carboxylic acids is 1. The molecule has 2 aromatic rings. The van der Waals surface area contributed by atoms with E-state index in [0.29, 0.717) is 6.54 Å². The molecule has 1 fully saturated rings. The molecule has 23 heavy (non-hydrogen) atoms. The van der Waals surface area contributed by atoms with Crippen LogP contribution in [0, 0.1) is 0 Å². The Morgan fingerprint density at radius 3 is 2.61 bits per heavy atom. The zero-order chi connectivity index (χ0) is 16.1. The highest BCUT2D eigenvalue weighted by molar-refractivity contribution is 9.11. The largest absolute Gasteiger partial charge is 0.348 e. The van der Waals surface area contributed by atoms with E-state index in [1.165, 1.54) is 54.8 Å². The first-order valence-corrected chi connectivity index (χ1v) is 9.71. The molecule has 0 spiro atoms. The number of benzene rings is 1. The van der Waals surface area contributed by atoms with E-state index >= 15 is 0 Å². The maximum absolute atomic E-state index is 12.2. The highest BCUT2D eigenvalue weighted by Crippen LogP contribution is 2.21. The van der Waals surface area contributed by atoms with Gasteiger partial charge in [-0.3, -0.25) is 9.69 Å². The third-order valence-corrected chi connectivity index (χ3v) is 5.73. The Morgan fingerprint density at radius 2 is 1.91 bits per heavy atom. The van der Waals surface area contributed by atoms with Gasteiger partial charge in [0.25, 0.3) is 5.91 Å². The maximum Gasteiger partial charge on any atom is 0.252 e. The molecule has 1 amide bonds. The smallest absolute Gasteiger partial charge is 0.252 e. The fraction of sp³-hybridized carbons (Fsp3) is 0.389. The van der Waals surface area contributed by atoms with Crippen LogP contribution in [0.25, 0.3) is 0 Å². The summed E-state index contributed by atoms with van der Waals surface area (Å²) >= 11 is 4.93. The third-order valence-electron chi connectivity index (χ3n) is 4.23. The molecule has 0 radical (unpaired) electrons. The molecule has 1 aromatic carbocycles. The first-order chi connectivity index (χ1) is 11.2. The second kappa shape index (κ2) is 8.08. The molecule has 0 bridgehead atoms. The lowest BCUT2D eigenvalue weighted by Gasteiger charge is -2.27. The van der Waals surface area contributed by atoms with Crippen LogP contribution in [-0.4, -0.2) is 23.9 Å².